The summed E-state index contributed by atoms with van der Waals surface area (Å²) in [5.41, 5.74) is 1.38. The molecule has 0 saturated heterocycles. The third kappa shape index (κ3) is 2.90. The van der Waals surface area contributed by atoms with Crippen LogP contribution in [-0.4, -0.2) is 7.11 Å². The molecular weight excluding hydrogens is 269 g/mol. The molecule has 21 heavy (non-hydrogen) atoms. The summed E-state index contributed by atoms with van der Waals surface area (Å²) in [4.78, 5) is 0. The van der Waals surface area contributed by atoms with Crippen LogP contribution < -0.4 is 10.1 Å². The summed E-state index contributed by atoms with van der Waals surface area (Å²) in [7, 11) is 1.62. The molecule has 0 saturated carbocycles. The van der Waals surface area contributed by atoms with Crippen molar-refractivity contribution in [3.05, 3.63) is 65.7 Å². The van der Waals surface area contributed by atoms with Crippen LogP contribution in [0.5, 0.6) is 5.75 Å². The first-order chi connectivity index (χ1) is 10.3. The summed E-state index contributed by atoms with van der Waals surface area (Å²) >= 11 is 0. The Morgan fingerprint density at radius 3 is 2.76 bits per heavy atom. The summed E-state index contributed by atoms with van der Waals surface area (Å²) in [5.74, 6) is 1.31. The van der Waals surface area contributed by atoms with Crippen molar-refractivity contribution in [1.82, 2.24) is 5.32 Å². The highest BCUT2D eigenvalue weighted by atomic mass is 19.1. The molecule has 1 heterocycles. The Morgan fingerprint density at radius 1 is 1.10 bits per heavy atom. The molecule has 2 aromatic carbocycles. The van der Waals surface area contributed by atoms with Gasteiger partial charge in [0, 0.05) is 17.5 Å². The molecule has 1 N–H and O–H groups in total. The summed E-state index contributed by atoms with van der Waals surface area (Å²) < 4.78 is 24.5. The maximum absolute atomic E-state index is 13.5. The van der Waals surface area contributed by atoms with Gasteiger partial charge in [-0.25, -0.2) is 4.39 Å². The molecule has 0 aliphatic rings. The molecule has 3 aromatic rings. The second-order valence-electron chi connectivity index (χ2n) is 4.79. The van der Waals surface area contributed by atoms with Gasteiger partial charge in [-0.1, -0.05) is 30.3 Å². The number of hydrogen-bond acceptors (Lipinski definition) is 3. The van der Waals surface area contributed by atoms with Gasteiger partial charge in [0.2, 0.25) is 0 Å². The highest BCUT2D eigenvalue weighted by Crippen LogP contribution is 2.28. The highest BCUT2D eigenvalue weighted by Gasteiger charge is 2.08. The second-order valence-corrected chi connectivity index (χ2v) is 4.79. The van der Waals surface area contributed by atoms with Gasteiger partial charge in [-0.15, -0.1) is 0 Å². The van der Waals surface area contributed by atoms with Crippen LogP contribution in [0.2, 0.25) is 0 Å². The van der Waals surface area contributed by atoms with E-state index in [4.69, 9.17) is 9.15 Å². The topological polar surface area (TPSA) is 34.4 Å². The number of hydrogen-bond donors (Lipinski definition) is 1. The highest BCUT2D eigenvalue weighted by molar-refractivity contribution is 5.83. The minimum absolute atomic E-state index is 0.198. The van der Waals surface area contributed by atoms with Gasteiger partial charge in [-0.3, -0.25) is 0 Å². The van der Waals surface area contributed by atoms with E-state index in [2.05, 4.69) is 5.32 Å². The molecule has 1 aromatic heterocycles. The molecule has 3 nitrogen and oxygen atoms in total. The Labute approximate surface area is 122 Å². The monoisotopic (exact) mass is 285 g/mol. The summed E-state index contributed by atoms with van der Waals surface area (Å²) in [6, 6.07) is 14.5. The van der Waals surface area contributed by atoms with Crippen LogP contribution in [0.3, 0.4) is 0 Å². The number of halogens is 1. The van der Waals surface area contributed by atoms with Crippen LogP contribution in [0.1, 0.15) is 11.3 Å². The third-order valence-electron chi connectivity index (χ3n) is 3.35. The van der Waals surface area contributed by atoms with Gasteiger partial charge >= 0.3 is 0 Å². The van der Waals surface area contributed by atoms with E-state index in [0.29, 0.717) is 24.4 Å². The number of ether oxygens (including phenoxy) is 1. The molecule has 0 spiro atoms. The van der Waals surface area contributed by atoms with E-state index in [0.717, 1.165) is 16.7 Å². The quantitative estimate of drug-likeness (QED) is 0.772. The van der Waals surface area contributed by atoms with Crippen molar-refractivity contribution in [2.75, 3.05) is 7.11 Å². The first kappa shape index (κ1) is 13.6. The van der Waals surface area contributed by atoms with Crippen molar-refractivity contribution >= 4 is 11.0 Å². The van der Waals surface area contributed by atoms with E-state index in [1.807, 2.05) is 30.3 Å². The molecule has 0 unspecified atom stereocenters. The van der Waals surface area contributed by atoms with Gasteiger partial charge in [0.05, 0.1) is 13.7 Å². The first-order valence-corrected chi connectivity index (χ1v) is 6.77. The minimum atomic E-state index is -0.198. The Hall–Kier alpha value is -2.33. The average molecular weight is 285 g/mol. The van der Waals surface area contributed by atoms with Crippen LogP contribution in [0.4, 0.5) is 4.39 Å². The van der Waals surface area contributed by atoms with E-state index in [-0.39, 0.29) is 5.82 Å². The van der Waals surface area contributed by atoms with Crippen molar-refractivity contribution in [3.8, 4) is 5.75 Å². The molecule has 0 aliphatic heterocycles. The Morgan fingerprint density at radius 2 is 1.95 bits per heavy atom. The number of nitrogens with one attached hydrogen (secondary N) is 1. The maximum Gasteiger partial charge on any atom is 0.176 e. The molecule has 0 bridgehead atoms. The minimum Gasteiger partial charge on any atom is -0.493 e. The van der Waals surface area contributed by atoms with E-state index >= 15 is 0 Å². The number of para-hydroxylation sites is 1. The van der Waals surface area contributed by atoms with E-state index in [1.54, 1.807) is 19.2 Å². The summed E-state index contributed by atoms with van der Waals surface area (Å²) in [6.45, 7) is 0.993. The van der Waals surface area contributed by atoms with Crippen molar-refractivity contribution < 1.29 is 13.5 Å². The largest absolute Gasteiger partial charge is 0.493 e. The fourth-order valence-corrected chi connectivity index (χ4v) is 2.30. The number of fused-ring (bicyclic) bond motifs is 1. The molecule has 0 radical (unpaired) electrons. The number of methoxy groups -OCH3 is 1. The molecule has 0 fully saturated rings. The molecule has 108 valence electrons. The van der Waals surface area contributed by atoms with Crippen LogP contribution >= 0.6 is 0 Å². The van der Waals surface area contributed by atoms with Gasteiger partial charge in [0.25, 0.3) is 0 Å². The zero-order valence-electron chi connectivity index (χ0n) is 11.7. The van der Waals surface area contributed by atoms with Gasteiger partial charge in [-0.2, -0.15) is 0 Å². The molecule has 3 rings (SSSR count). The second kappa shape index (κ2) is 5.97. The summed E-state index contributed by atoms with van der Waals surface area (Å²) in [6.07, 6.45) is 0. The lowest BCUT2D eigenvalue weighted by molar-refractivity contribution is 0.406. The predicted molar refractivity (Wildman–Crippen MR) is 79.7 cm³/mol. The lowest BCUT2D eigenvalue weighted by Gasteiger charge is -2.04. The SMILES string of the molecule is COc1cccc2cc(CNCc3ccccc3F)oc12. The van der Waals surface area contributed by atoms with Gasteiger partial charge in [0.15, 0.2) is 11.3 Å². The Kier molecular flexibility index (Phi) is 3.88. The normalized spacial score (nSPS) is 11.0. The fraction of sp³-hybridized carbons (Fsp3) is 0.176. The van der Waals surface area contributed by atoms with Gasteiger partial charge < -0.3 is 14.5 Å². The van der Waals surface area contributed by atoms with Crippen LogP contribution in [0.25, 0.3) is 11.0 Å². The molecule has 0 atom stereocenters. The fourth-order valence-electron chi connectivity index (χ4n) is 2.30. The van der Waals surface area contributed by atoms with Crippen LogP contribution in [0, 0.1) is 5.82 Å². The van der Waals surface area contributed by atoms with E-state index in [9.17, 15) is 4.39 Å². The van der Waals surface area contributed by atoms with Crippen LogP contribution in [-0.2, 0) is 13.1 Å². The first-order valence-electron chi connectivity index (χ1n) is 6.77. The molecule has 4 heteroatoms. The zero-order chi connectivity index (χ0) is 14.7. The Bertz CT molecular complexity index is 751. The van der Waals surface area contributed by atoms with E-state index in [1.165, 1.54) is 6.07 Å². The number of rotatable bonds is 5. The average Bonchev–Trinajstić information content (AvgIpc) is 2.92. The van der Waals surface area contributed by atoms with Crippen molar-refractivity contribution in [2.24, 2.45) is 0 Å². The van der Waals surface area contributed by atoms with Gasteiger partial charge in [-0.05, 0) is 18.2 Å². The molecule has 0 amide bonds. The van der Waals surface area contributed by atoms with Gasteiger partial charge in [0.1, 0.15) is 11.6 Å². The molecular formula is C17H16FNO2. The number of benzene rings is 2. The standard InChI is InChI=1S/C17H16FNO2/c1-20-16-8-4-6-12-9-14(21-17(12)16)11-19-10-13-5-2-3-7-15(13)18/h2-9,19H,10-11H2,1H3. The maximum atomic E-state index is 13.5. The van der Waals surface area contributed by atoms with E-state index < -0.39 is 0 Å². The van der Waals surface area contributed by atoms with Crippen molar-refractivity contribution in [3.63, 3.8) is 0 Å². The van der Waals surface area contributed by atoms with Crippen molar-refractivity contribution in [1.29, 1.82) is 0 Å². The summed E-state index contributed by atoms with van der Waals surface area (Å²) in [5, 5.41) is 4.18. The third-order valence-corrected chi connectivity index (χ3v) is 3.35. The predicted octanol–water partition coefficient (Wildman–Crippen LogP) is 3.87. The smallest absolute Gasteiger partial charge is 0.176 e. The lowest BCUT2D eigenvalue weighted by Crippen LogP contribution is -2.13. The zero-order valence-corrected chi connectivity index (χ0v) is 11.7. The molecule has 0 aliphatic carbocycles. The van der Waals surface area contributed by atoms with Crippen LogP contribution in [0.15, 0.2) is 52.9 Å². The Balaban J connectivity index is 1.70. The van der Waals surface area contributed by atoms with Crippen molar-refractivity contribution in [2.45, 2.75) is 13.1 Å². The number of furan rings is 1. The lowest BCUT2D eigenvalue weighted by atomic mass is 10.2.